The summed E-state index contributed by atoms with van der Waals surface area (Å²) < 4.78 is 0. The van der Waals surface area contributed by atoms with E-state index in [-0.39, 0.29) is 71.0 Å². The predicted octanol–water partition coefficient (Wildman–Crippen LogP) is -5.25. The second-order valence-electron chi connectivity index (χ2n) is 0.693. The molecule has 0 aromatic carbocycles. The molecule has 0 fully saturated rings. The van der Waals surface area contributed by atoms with Crippen molar-refractivity contribution in [2.24, 2.45) is 0 Å². The maximum atomic E-state index is 7.17. The minimum atomic E-state index is -2.17. The van der Waals surface area contributed by atoms with Gasteiger partial charge in [0.05, 0.1) is 0 Å². The van der Waals surface area contributed by atoms with Gasteiger partial charge in [-0.3, -0.25) is 0 Å². The molecule has 0 atom stereocenters. The molecule has 0 aliphatic carbocycles. The third-order valence-corrected chi connectivity index (χ3v) is 0. The Bertz CT molecular complexity index is 31.3. The second-order valence-corrected chi connectivity index (χ2v) is 0.693. The van der Waals surface area contributed by atoms with Gasteiger partial charge in [-0.2, -0.15) is 0 Å². The molecule has 6 N–H and O–H groups in total. The van der Waals surface area contributed by atoms with Gasteiger partial charge in [-0.25, -0.2) is 0 Å². The molecule has 0 spiro atoms. The predicted molar refractivity (Wildman–Crippen MR) is 42.1 cm³/mol. The molecule has 0 saturated heterocycles. The SMILES string of the molecule is OB(O)O.OB(O)O.[Te].[Te].[Te]. The zero-order valence-electron chi connectivity index (χ0n) is 5.06. The molecule has 11 heavy (non-hydrogen) atoms. The van der Waals surface area contributed by atoms with E-state index >= 15 is 0 Å². The van der Waals surface area contributed by atoms with Crippen molar-refractivity contribution in [1.29, 1.82) is 0 Å². The van der Waals surface area contributed by atoms with Crippen LogP contribution in [0.15, 0.2) is 0 Å². The molecule has 0 aromatic rings. The minimum absolute atomic E-state index is 0. The quantitative estimate of drug-likeness (QED) is 0.183. The zero-order valence-corrected chi connectivity index (χ0v) is 12.1. The summed E-state index contributed by atoms with van der Waals surface area (Å²) in [5.41, 5.74) is 0. The Morgan fingerprint density at radius 2 is 0.455 bits per heavy atom. The fraction of sp³-hybridized carbons (Fsp3) is 0. The number of hydrogen-bond donors (Lipinski definition) is 6. The van der Waals surface area contributed by atoms with Gasteiger partial charge in [-0.1, -0.05) is 0 Å². The average Bonchev–Trinajstić information content (AvgIpc) is 1.25. The van der Waals surface area contributed by atoms with Gasteiger partial charge in [0.15, 0.2) is 0 Å². The first-order valence-electron chi connectivity index (χ1n) is 1.55. The van der Waals surface area contributed by atoms with E-state index in [1.807, 2.05) is 0 Å². The van der Waals surface area contributed by atoms with E-state index < -0.39 is 14.6 Å². The van der Waals surface area contributed by atoms with E-state index in [0.717, 1.165) is 0 Å². The van der Waals surface area contributed by atoms with E-state index in [4.69, 9.17) is 30.1 Å². The first kappa shape index (κ1) is 29.2. The van der Waals surface area contributed by atoms with Crippen LogP contribution in [0.1, 0.15) is 0 Å². The molecule has 0 heterocycles. The van der Waals surface area contributed by atoms with Crippen molar-refractivity contribution in [2.75, 3.05) is 0 Å². The van der Waals surface area contributed by atoms with Crippen LogP contribution in [0.5, 0.6) is 0 Å². The first-order chi connectivity index (χ1) is 3.46. The largest absolute Gasteiger partial charge is 0.631 e. The maximum Gasteiger partial charge on any atom is 0.631 e. The smallest absolute Gasteiger partial charge is 0.402 e. The molecule has 6 nitrogen and oxygen atoms in total. The summed E-state index contributed by atoms with van der Waals surface area (Å²) in [6.45, 7) is 0. The summed E-state index contributed by atoms with van der Waals surface area (Å²) in [6, 6.07) is 0. The monoisotopic (exact) mass is 514 g/mol. The van der Waals surface area contributed by atoms with Crippen LogP contribution in [0.3, 0.4) is 0 Å². The van der Waals surface area contributed by atoms with Crippen LogP contribution in [-0.4, -0.2) is 116 Å². The number of hydrogen-bond acceptors (Lipinski definition) is 6. The third kappa shape index (κ3) is 253. The van der Waals surface area contributed by atoms with Crippen molar-refractivity contribution in [1.82, 2.24) is 0 Å². The normalized spacial score (nSPS) is 4.91. The van der Waals surface area contributed by atoms with Gasteiger partial charge in [-0.05, 0) is 0 Å². The molecule has 0 saturated carbocycles. The van der Waals surface area contributed by atoms with Crippen molar-refractivity contribution in [3.05, 3.63) is 0 Å². The molecule has 0 aromatic heterocycles. The van der Waals surface area contributed by atoms with Crippen LogP contribution in [-0.2, 0) is 0 Å². The fourth-order valence-electron chi connectivity index (χ4n) is 0. The third-order valence-electron chi connectivity index (χ3n) is 0. The summed E-state index contributed by atoms with van der Waals surface area (Å²) in [7, 11) is -4.33. The van der Waals surface area contributed by atoms with Gasteiger partial charge in [0.25, 0.3) is 0 Å². The molecule has 66 valence electrons. The van der Waals surface area contributed by atoms with Crippen molar-refractivity contribution < 1.29 is 30.1 Å². The number of rotatable bonds is 0. The molecule has 0 bridgehead atoms. The summed E-state index contributed by atoms with van der Waals surface area (Å²) in [6.07, 6.45) is 0. The van der Waals surface area contributed by atoms with Crippen molar-refractivity contribution in [2.45, 2.75) is 0 Å². The molecule has 0 unspecified atom stereocenters. The van der Waals surface area contributed by atoms with E-state index in [1.54, 1.807) is 0 Å². The first-order valence-corrected chi connectivity index (χ1v) is 1.55. The molecule has 11 heteroatoms. The van der Waals surface area contributed by atoms with Crippen LogP contribution < -0.4 is 0 Å². The molecule has 0 aliphatic heterocycles. The molecule has 0 aliphatic rings. The molecule has 0 rings (SSSR count). The molecular formula is H6B2O6Te3. The summed E-state index contributed by atoms with van der Waals surface area (Å²) in [4.78, 5) is 0. The topological polar surface area (TPSA) is 121 Å². The molecular weight excluding hydrogens is 500 g/mol. The summed E-state index contributed by atoms with van der Waals surface area (Å²) >= 11 is 0. The van der Waals surface area contributed by atoms with Gasteiger partial charge in [0.2, 0.25) is 0 Å². The Morgan fingerprint density at radius 1 is 0.455 bits per heavy atom. The van der Waals surface area contributed by atoms with Gasteiger partial charge < -0.3 is 30.1 Å². The van der Waals surface area contributed by atoms with E-state index in [1.165, 1.54) is 0 Å². The summed E-state index contributed by atoms with van der Waals surface area (Å²) in [5.74, 6) is 0. The Labute approximate surface area is 115 Å². The van der Waals surface area contributed by atoms with Crippen LogP contribution in [0.4, 0.5) is 0 Å². The Balaban J connectivity index is -0.0000000171. The van der Waals surface area contributed by atoms with Gasteiger partial charge in [-0.15, -0.1) is 0 Å². The zero-order chi connectivity index (χ0) is 7.15. The van der Waals surface area contributed by atoms with Crippen molar-refractivity contribution in [3.63, 3.8) is 0 Å². The van der Waals surface area contributed by atoms with Crippen LogP contribution >= 0.6 is 0 Å². The maximum absolute atomic E-state index is 7.17. The Hall–Kier alpha value is 2.26. The van der Waals surface area contributed by atoms with Crippen LogP contribution in [0.25, 0.3) is 0 Å². The standard InChI is InChI=1S/2BH3O3.3Te/c2*2-1(3)4;;;/h2*2-4H;;;. The Morgan fingerprint density at radius 3 is 0.455 bits per heavy atom. The Kier molecular flexibility index (Phi) is 60.5. The van der Waals surface area contributed by atoms with Crippen LogP contribution in [0.2, 0.25) is 0 Å². The van der Waals surface area contributed by atoms with Crippen molar-refractivity contribution >= 4 is 85.6 Å². The van der Waals surface area contributed by atoms with E-state index in [2.05, 4.69) is 0 Å². The van der Waals surface area contributed by atoms with Gasteiger partial charge in [0, 0.05) is 71.0 Å². The van der Waals surface area contributed by atoms with E-state index in [9.17, 15) is 0 Å². The van der Waals surface area contributed by atoms with Crippen molar-refractivity contribution in [3.8, 4) is 0 Å². The van der Waals surface area contributed by atoms with Gasteiger partial charge in [0.1, 0.15) is 0 Å². The molecule has 0 amide bonds. The second kappa shape index (κ2) is 22.8. The van der Waals surface area contributed by atoms with Crippen LogP contribution in [0, 0.1) is 0 Å². The fourth-order valence-corrected chi connectivity index (χ4v) is 0. The van der Waals surface area contributed by atoms with Gasteiger partial charge >= 0.3 is 14.6 Å². The average molecular weight is 506 g/mol. The molecule has 6 radical (unpaired) electrons. The minimum Gasteiger partial charge on any atom is -0.402 e. The summed E-state index contributed by atoms with van der Waals surface area (Å²) in [5, 5.41) is 43.0. The van der Waals surface area contributed by atoms with E-state index in [0.29, 0.717) is 0 Å².